The van der Waals surface area contributed by atoms with Crippen molar-refractivity contribution in [1.29, 1.82) is 0 Å². The Morgan fingerprint density at radius 3 is 2.43 bits per heavy atom. The van der Waals surface area contributed by atoms with Gasteiger partial charge in [-0.05, 0) is 19.1 Å². The molecular weight excluding hydrogens is 282 g/mol. The Bertz CT molecular complexity index is 866. The molecule has 3 aromatic rings. The number of aromatic nitrogens is 2. The van der Waals surface area contributed by atoms with Crippen molar-refractivity contribution < 1.29 is 0 Å². The van der Waals surface area contributed by atoms with E-state index in [1.54, 1.807) is 0 Å². The number of benzene rings is 2. The van der Waals surface area contributed by atoms with Crippen LogP contribution in [0.2, 0.25) is 0 Å². The van der Waals surface area contributed by atoms with E-state index in [1.807, 2.05) is 67.4 Å². The Labute approximate surface area is 136 Å². The van der Waals surface area contributed by atoms with Gasteiger partial charge in [0.15, 0.2) is 0 Å². The van der Waals surface area contributed by atoms with Crippen LogP contribution in [0.1, 0.15) is 6.92 Å². The predicted octanol–water partition coefficient (Wildman–Crippen LogP) is 4.82. The summed E-state index contributed by atoms with van der Waals surface area (Å²) >= 11 is 0. The lowest BCUT2D eigenvalue weighted by Crippen LogP contribution is -2.17. The number of fused-ring (bicyclic) bond motifs is 1. The standard InChI is InChI=1S/C20H19N3/c1-4-10-15(2)23(3)20-21-18-14-9-8-13-17(18)19(22-20)16-11-6-5-7-12-16/h4-14H,2H2,1,3H3/b10-4-. The van der Waals surface area contributed by atoms with Crippen LogP contribution >= 0.6 is 0 Å². The third-order valence-electron chi connectivity index (χ3n) is 3.73. The molecule has 1 aromatic heterocycles. The lowest BCUT2D eigenvalue weighted by atomic mass is 10.1. The molecule has 0 fully saturated rings. The average Bonchev–Trinajstić information content (AvgIpc) is 2.61. The molecule has 0 saturated heterocycles. The fraction of sp³-hybridized carbons (Fsp3) is 0.100. The smallest absolute Gasteiger partial charge is 0.230 e. The van der Waals surface area contributed by atoms with Crippen molar-refractivity contribution in [3.05, 3.63) is 79.0 Å². The van der Waals surface area contributed by atoms with E-state index in [-0.39, 0.29) is 0 Å². The highest BCUT2D eigenvalue weighted by Crippen LogP contribution is 2.28. The van der Waals surface area contributed by atoms with Crippen LogP contribution in [0.5, 0.6) is 0 Å². The molecule has 3 nitrogen and oxygen atoms in total. The maximum atomic E-state index is 4.79. The zero-order chi connectivity index (χ0) is 16.2. The average molecular weight is 301 g/mol. The first-order chi connectivity index (χ1) is 11.2. The number of allylic oxidation sites excluding steroid dienone is 2. The van der Waals surface area contributed by atoms with Gasteiger partial charge >= 0.3 is 0 Å². The highest BCUT2D eigenvalue weighted by Gasteiger charge is 2.12. The molecular formula is C20H19N3. The van der Waals surface area contributed by atoms with Crippen LogP contribution in [0.4, 0.5) is 5.95 Å². The molecule has 3 rings (SSSR count). The zero-order valence-electron chi connectivity index (χ0n) is 13.4. The highest BCUT2D eigenvalue weighted by atomic mass is 15.2. The summed E-state index contributed by atoms with van der Waals surface area (Å²) in [5, 5.41) is 1.05. The van der Waals surface area contributed by atoms with E-state index in [1.165, 1.54) is 0 Å². The SMILES string of the molecule is C=C(/C=C\C)N(C)c1nc(-c2ccccc2)c2ccccc2n1. The summed E-state index contributed by atoms with van der Waals surface area (Å²) in [7, 11) is 1.93. The molecule has 0 saturated carbocycles. The third kappa shape index (κ3) is 2.99. The molecule has 0 aliphatic rings. The second kappa shape index (κ2) is 6.44. The first-order valence-corrected chi connectivity index (χ1v) is 7.58. The van der Waals surface area contributed by atoms with Gasteiger partial charge in [-0.1, -0.05) is 61.2 Å². The Morgan fingerprint density at radius 2 is 1.70 bits per heavy atom. The molecule has 0 aliphatic heterocycles. The van der Waals surface area contributed by atoms with Crippen molar-refractivity contribution in [2.75, 3.05) is 11.9 Å². The molecule has 2 aromatic carbocycles. The summed E-state index contributed by atoms with van der Waals surface area (Å²) in [5.74, 6) is 0.644. The number of nitrogens with zero attached hydrogens (tertiary/aromatic N) is 3. The maximum absolute atomic E-state index is 4.79. The first kappa shape index (κ1) is 15.0. The highest BCUT2D eigenvalue weighted by molar-refractivity contribution is 5.93. The van der Waals surface area contributed by atoms with E-state index < -0.39 is 0 Å². The molecule has 0 bridgehead atoms. The Kier molecular flexibility index (Phi) is 4.20. The van der Waals surface area contributed by atoms with Crippen LogP contribution in [0, 0.1) is 0 Å². The molecule has 0 amide bonds. The summed E-state index contributed by atoms with van der Waals surface area (Å²) in [6.07, 6.45) is 3.90. The number of hydrogen-bond acceptors (Lipinski definition) is 3. The number of rotatable bonds is 4. The Hall–Kier alpha value is -2.94. The molecule has 114 valence electrons. The predicted molar refractivity (Wildman–Crippen MR) is 97.3 cm³/mol. The number of para-hydroxylation sites is 1. The molecule has 23 heavy (non-hydrogen) atoms. The first-order valence-electron chi connectivity index (χ1n) is 7.58. The lowest BCUT2D eigenvalue weighted by Gasteiger charge is -2.19. The van der Waals surface area contributed by atoms with E-state index in [2.05, 4.69) is 29.8 Å². The fourth-order valence-corrected chi connectivity index (χ4v) is 2.46. The van der Waals surface area contributed by atoms with E-state index in [0.29, 0.717) is 5.95 Å². The Morgan fingerprint density at radius 1 is 1.00 bits per heavy atom. The van der Waals surface area contributed by atoms with E-state index in [9.17, 15) is 0 Å². The Balaban J connectivity index is 2.20. The van der Waals surface area contributed by atoms with Crippen LogP contribution in [-0.2, 0) is 0 Å². The quantitative estimate of drug-likeness (QED) is 0.647. The second-order valence-electron chi connectivity index (χ2n) is 5.31. The summed E-state index contributed by atoms with van der Waals surface area (Å²) in [6.45, 7) is 6.03. The van der Waals surface area contributed by atoms with Gasteiger partial charge in [0.2, 0.25) is 5.95 Å². The molecule has 0 atom stereocenters. The van der Waals surface area contributed by atoms with Crippen LogP contribution in [0.3, 0.4) is 0 Å². The van der Waals surface area contributed by atoms with E-state index in [0.717, 1.165) is 27.9 Å². The van der Waals surface area contributed by atoms with Gasteiger partial charge in [-0.15, -0.1) is 0 Å². The van der Waals surface area contributed by atoms with Crippen molar-refractivity contribution >= 4 is 16.9 Å². The molecule has 0 aliphatic carbocycles. The van der Waals surface area contributed by atoms with Crippen molar-refractivity contribution in [1.82, 2.24) is 9.97 Å². The van der Waals surface area contributed by atoms with Gasteiger partial charge in [-0.3, -0.25) is 0 Å². The van der Waals surface area contributed by atoms with Crippen LogP contribution < -0.4 is 4.90 Å². The van der Waals surface area contributed by atoms with Crippen molar-refractivity contribution in [2.24, 2.45) is 0 Å². The molecule has 3 heteroatoms. The second-order valence-corrected chi connectivity index (χ2v) is 5.31. The van der Waals surface area contributed by atoms with Crippen molar-refractivity contribution in [3.8, 4) is 11.3 Å². The van der Waals surface area contributed by atoms with Crippen LogP contribution in [0.15, 0.2) is 79.0 Å². The van der Waals surface area contributed by atoms with Crippen molar-refractivity contribution in [2.45, 2.75) is 6.92 Å². The van der Waals surface area contributed by atoms with Gasteiger partial charge in [-0.2, -0.15) is 0 Å². The molecule has 0 unspecified atom stereocenters. The summed E-state index contributed by atoms with van der Waals surface area (Å²) in [6, 6.07) is 18.3. The van der Waals surface area contributed by atoms with Crippen molar-refractivity contribution in [3.63, 3.8) is 0 Å². The minimum Gasteiger partial charge on any atom is -0.314 e. The molecule has 0 N–H and O–H groups in total. The normalized spacial score (nSPS) is 11.0. The largest absolute Gasteiger partial charge is 0.314 e. The van der Waals surface area contributed by atoms with Gasteiger partial charge in [0.25, 0.3) is 0 Å². The van der Waals surface area contributed by atoms with Gasteiger partial charge < -0.3 is 4.90 Å². The summed E-state index contributed by atoms with van der Waals surface area (Å²) in [4.78, 5) is 11.4. The van der Waals surface area contributed by atoms with E-state index in [4.69, 9.17) is 4.98 Å². The topological polar surface area (TPSA) is 29.0 Å². The maximum Gasteiger partial charge on any atom is 0.230 e. The number of likely N-dealkylation sites (N-methyl/N-ethyl adjacent to an activating group) is 1. The summed E-state index contributed by atoms with van der Waals surface area (Å²) < 4.78 is 0. The number of anilines is 1. The van der Waals surface area contributed by atoms with Gasteiger partial charge in [0.1, 0.15) is 0 Å². The van der Waals surface area contributed by atoms with Gasteiger partial charge in [0, 0.05) is 23.7 Å². The minimum atomic E-state index is 0.644. The monoisotopic (exact) mass is 301 g/mol. The van der Waals surface area contributed by atoms with Gasteiger partial charge in [0.05, 0.1) is 11.2 Å². The van der Waals surface area contributed by atoms with Crippen LogP contribution in [0.25, 0.3) is 22.2 Å². The molecule has 0 radical (unpaired) electrons. The summed E-state index contributed by atoms with van der Waals surface area (Å²) in [5.41, 5.74) is 3.79. The molecule has 1 heterocycles. The number of hydrogen-bond donors (Lipinski definition) is 0. The molecule has 0 spiro atoms. The zero-order valence-corrected chi connectivity index (χ0v) is 13.4. The van der Waals surface area contributed by atoms with Gasteiger partial charge in [-0.25, -0.2) is 9.97 Å². The fourth-order valence-electron chi connectivity index (χ4n) is 2.46. The third-order valence-corrected chi connectivity index (χ3v) is 3.73. The minimum absolute atomic E-state index is 0.644. The van der Waals surface area contributed by atoms with E-state index >= 15 is 0 Å². The van der Waals surface area contributed by atoms with Crippen LogP contribution in [-0.4, -0.2) is 17.0 Å². The lowest BCUT2D eigenvalue weighted by molar-refractivity contribution is 1.03.